The van der Waals surface area contributed by atoms with E-state index in [1.165, 1.54) is 36.0 Å². The number of hydrogen-bond donors (Lipinski definition) is 0. The molecule has 0 aromatic heterocycles. The van der Waals surface area contributed by atoms with Gasteiger partial charge in [-0.05, 0) is 45.6 Å². The van der Waals surface area contributed by atoms with Gasteiger partial charge < -0.3 is 9.31 Å². The Kier molecular flexibility index (Phi) is 11.7. The molecule has 0 radical (unpaired) electrons. The molecule has 0 saturated heterocycles. The summed E-state index contributed by atoms with van der Waals surface area (Å²) in [5, 5.41) is 2.70. The van der Waals surface area contributed by atoms with Crippen LogP contribution in [0.1, 0.15) is 66.7 Å². The standard InChI is InChI=1S/C24H41BO2Si/c1-8-9-10-11-12-13-17-20-24(25(26-21(2)3)27-22(4)5)28(6,7)23-18-15-14-16-19-23/h13-22H,8-12H2,1-7H3/b17-13+,24-20-. The Morgan fingerprint density at radius 1 is 0.964 bits per heavy atom. The van der Waals surface area contributed by atoms with E-state index in [1.54, 1.807) is 0 Å². The van der Waals surface area contributed by atoms with E-state index in [4.69, 9.17) is 9.31 Å². The zero-order valence-corrected chi connectivity index (χ0v) is 20.2. The Balaban J connectivity index is 3.13. The minimum Gasteiger partial charge on any atom is -0.406 e. The third-order valence-electron chi connectivity index (χ3n) is 4.90. The van der Waals surface area contributed by atoms with Crippen LogP contribution in [0.3, 0.4) is 0 Å². The van der Waals surface area contributed by atoms with Crippen LogP contribution in [0.15, 0.2) is 53.7 Å². The smallest absolute Gasteiger partial charge is 0.406 e. The number of allylic oxidation sites excluding steroid dienone is 3. The molecule has 1 aromatic rings. The van der Waals surface area contributed by atoms with Gasteiger partial charge in [-0.1, -0.05) is 93.0 Å². The summed E-state index contributed by atoms with van der Waals surface area (Å²) in [6.45, 7) is 15.4. The molecule has 0 aliphatic heterocycles. The maximum absolute atomic E-state index is 6.25. The quantitative estimate of drug-likeness (QED) is 0.215. The lowest BCUT2D eigenvalue weighted by atomic mass is 9.87. The zero-order valence-electron chi connectivity index (χ0n) is 19.2. The summed E-state index contributed by atoms with van der Waals surface area (Å²) in [6, 6.07) is 10.8. The second-order valence-corrected chi connectivity index (χ2v) is 13.0. The van der Waals surface area contributed by atoms with Crippen LogP contribution in [0.2, 0.25) is 13.1 Å². The van der Waals surface area contributed by atoms with Gasteiger partial charge in [0.2, 0.25) is 0 Å². The van der Waals surface area contributed by atoms with Gasteiger partial charge in [-0.3, -0.25) is 0 Å². The van der Waals surface area contributed by atoms with E-state index in [0.717, 1.165) is 6.42 Å². The summed E-state index contributed by atoms with van der Waals surface area (Å²) < 4.78 is 12.5. The Morgan fingerprint density at radius 3 is 2.11 bits per heavy atom. The summed E-state index contributed by atoms with van der Waals surface area (Å²) in [7, 11) is -2.23. The first-order valence-electron chi connectivity index (χ1n) is 11.0. The lowest BCUT2D eigenvalue weighted by molar-refractivity contribution is 0.137. The molecule has 2 nitrogen and oxygen atoms in total. The van der Waals surface area contributed by atoms with Gasteiger partial charge in [-0.15, -0.1) is 0 Å². The van der Waals surface area contributed by atoms with Gasteiger partial charge in [0.15, 0.2) is 0 Å². The molecule has 0 spiro atoms. The lowest BCUT2D eigenvalue weighted by Crippen LogP contribution is -2.51. The maximum atomic E-state index is 6.25. The molecular formula is C24H41BO2Si. The maximum Gasteiger partial charge on any atom is 0.486 e. The molecule has 28 heavy (non-hydrogen) atoms. The molecule has 0 heterocycles. The molecule has 0 bridgehead atoms. The van der Waals surface area contributed by atoms with E-state index in [0.29, 0.717) is 0 Å². The van der Waals surface area contributed by atoms with Gasteiger partial charge in [-0.25, -0.2) is 0 Å². The van der Waals surface area contributed by atoms with Crippen molar-refractivity contribution in [3.8, 4) is 0 Å². The van der Waals surface area contributed by atoms with Crippen LogP contribution in [-0.2, 0) is 9.31 Å². The first-order chi connectivity index (χ1) is 13.3. The predicted octanol–water partition coefficient (Wildman–Crippen LogP) is 6.47. The number of hydrogen-bond acceptors (Lipinski definition) is 2. The van der Waals surface area contributed by atoms with Gasteiger partial charge >= 0.3 is 7.12 Å². The molecule has 0 N–H and O–H groups in total. The van der Waals surface area contributed by atoms with Gasteiger partial charge in [0.1, 0.15) is 8.07 Å². The molecule has 0 amide bonds. The summed E-state index contributed by atoms with van der Waals surface area (Å²) >= 11 is 0. The molecule has 156 valence electrons. The van der Waals surface area contributed by atoms with Crippen molar-refractivity contribution in [1.82, 2.24) is 0 Å². The molecule has 0 unspecified atom stereocenters. The van der Waals surface area contributed by atoms with Crippen LogP contribution in [0.25, 0.3) is 0 Å². The summed E-state index contributed by atoms with van der Waals surface area (Å²) in [4.78, 5) is 0. The van der Waals surface area contributed by atoms with Crippen LogP contribution in [-0.4, -0.2) is 27.4 Å². The van der Waals surface area contributed by atoms with Gasteiger partial charge in [0.25, 0.3) is 0 Å². The highest BCUT2D eigenvalue weighted by Crippen LogP contribution is 2.22. The summed E-state index contributed by atoms with van der Waals surface area (Å²) in [6.07, 6.45) is 13.4. The normalized spacial score (nSPS) is 13.1. The first-order valence-corrected chi connectivity index (χ1v) is 14.0. The van der Waals surface area contributed by atoms with Crippen molar-refractivity contribution in [2.24, 2.45) is 0 Å². The van der Waals surface area contributed by atoms with Gasteiger partial charge in [0.05, 0.1) is 0 Å². The molecule has 0 saturated carbocycles. The van der Waals surface area contributed by atoms with E-state index in [2.05, 4.69) is 96.3 Å². The highest BCUT2D eigenvalue weighted by molar-refractivity contribution is 7.04. The van der Waals surface area contributed by atoms with Crippen LogP contribution < -0.4 is 5.19 Å². The van der Waals surface area contributed by atoms with Crippen molar-refractivity contribution in [3.05, 3.63) is 53.7 Å². The highest BCUT2D eigenvalue weighted by Gasteiger charge is 2.39. The lowest BCUT2D eigenvalue weighted by Gasteiger charge is -2.31. The topological polar surface area (TPSA) is 18.5 Å². The fraction of sp³-hybridized carbons (Fsp3) is 0.583. The SMILES string of the molecule is CCCCCC/C=C/C=C(/B(OC(C)C)OC(C)C)[Si](C)(C)c1ccccc1. The molecular weight excluding hydrogens is 359 g/mol. The average molecular weight is 400 g/mol. The van der Waals surface area contributed by atoms with E-state index >= 15 is 0 Å². The van der Waals surface area contributed by atoms with Crippen molar-refractivity contribution >= 4 is 20.4 Å². The van der Waals surface area contributed by atoms with Crippen LogP contribution >= 0.6 is 0 Å². The average Bonchev–Trinajstić information content (AvgIpc) is 2.63. The number of unbranched alkanes of at least 4 members (excludes halogenated alkanes) is 4. The van der Waals surface area contributed by atoms with Crippen LogP contribution in [0.4, 0.5) is 0 Å². The monoisotopic (exact) mass is 400 g/mol. The molecule has 0 atom stereocenters. The van der Waals surface area contributed by atoms with Crippen molar-refractivity contribution in [2.45, 2.75) is 92.0 Å². The van der Waals surface area contributed by atoms with E-state index in [9.17, 15) is 0 Å². The highest BCUT2D eigenvalue weighted by atomic mass is 28.3. The fourth-order valence-corrected chi connectivity index (χ4v) is 5.83. The summed E-state index contributed by atoms with van der Waals surface area (Å²) in [5.41, 5.74) is 0. The fourth-order valence-electron chi connectivity index (χ4n) is 3.23. The first kappa shape index (κ1) is 24.9. The predicted molar refractivity (Wildman–Crippen MR) is 128 cm³/mol. The van der Waals surface area contributed by atoms with E-state index in [-0.39, 0.29) is 19.3 Å². The van der Waals surface area contributed by atoms with Gasteiger partial charge in [0, 0.05) is 12.2 Å². The molecule has 4 heteroatoms. The van der Waals surface area contributed by atoms with Crippen molar-refractivity contribution in [1.29, 1.82) is 0 Å². The van der Waals surface area contributed by atoms with Crippen molar-refractivity contribution < 1.29 is 9.31 Å². The largest absolute Gasteiger partial charge is 0.486 e. The molecule has 0 aliphatic carbocycles. The summed E-state index contributed by atoms with van der Waals surface area (Å²) in [5.74, 6) is 0. The minimum atomic E-state index is -1.93. The molecule has 1 aromatic carbocycles. The van der Waals surface area contributed by atoms with Crippen molar-refractivity contribution in [3.63, 3.8) is 0 Å². The Morgan fingerprint density at radius 2 is 1.57 bits per heavy atom. The molecule has 0 fully saturated rings. The van der Waals surface area contributed by atoms with Crippen LogP contribution in [0.5, 0.6) is 0 Å². The van der Waals surface area contributed by atoms with Crippen molar-refractivity contribution in [2.75, 3.05) is 0 Å². The zero-order chi connectivity index (χ0) is 21.0. The minimum absolute atomic E-state index is 0.116. The Labute approximate surface area is 175 Å². The van der Waals surface area contributed by atoms with E-state index in [1.807, 2.05) is 0 Å². The van der Waals surface area contributed by atoms with Crippen LogP contribution in [0, 0.1) is 0 Å². The number of benzene rings is 1. The Hall–Kier alpha value is -1.10. The second kappa shape index (κ2) is 13.2. The third kappa shape index (κ3) is 8.94. The van der Waals surface area contributed by atoms with Gasteiger partial charge in [-0.2, -0.15) is 0 Å². The number of rotatable bonds is 13. The van der Waals surface area contributed by atoms with E-state index < -0.39 is 8.07 Å². The Bertz CT molecular complexity index is 584. The second-order valence-electron chi connectivity index (χ2n) is 8.59. The molecule has 0 aliphatic rings. The third-order valence-corrected chi connectivity index (χ3v) is 8.52. The molecule has 1 rings (SSSR count).